The van der Waals surface area contributed by atoms with Crippen molar-refractivity contribution in [2.24, 2.45) is 0 Å². The predicted molar refractivity (Wildman–Crippen MR) is 110 cm³/mol. The molecule has 7 nitrogen and oxygen atoms in total. The van der Waals surface area contributed by atoms with Gasteiger partial charge < -0.3 is 15.5 Å². The van der Waals surface area contributed by atoms with Gasteiger partial charge in [0.2, 0.25) is 17.7 Å². The zero-order chi connectivity index (χ0) is 19.9. The van der Waals surface area contributed by atoms with E-state index < -0.39 is 5.25 Å². The average molecular weight is 405 g/mol. The number of carbonyl (C=O) groups excluding carboxylic acids is 3. The first-order chi connectivity index (χ1) is 13.6. The molecular weight excluding hydrogens is 376 g/mol. The summed E-state index contributed by atoms with van der Waals surface area (Å²) in [4.78, 5) is 41.8. The number of nitrogens with one attached hydrogen (secondary N) is 2. The molecule has 0 radical (unpaired) electrons. The molecule has 1 aromatic carbocycles. The SMILES string of the molecule is CCCCNC(=O)CN1CCN(C(=O)CC2Sc3ccccc3NC2=O)CC1. The van der Waals surface area contributed by atoms with Crippen LogP contribution in [0.25, 0.3) is 0 Å². The number of hydrogen-bond donors (Lipinski definition) is 2. The molecule has 1 fully saturated rings. The topological polar surface area (TPSA) is 81.8 Å². The monoisotopic (exact) mass is 404 g/mol. The molecule has 1 atom stereocenters. The molecule has 1 unspecified atom stereocenters. The molecule has 0 saturated carbocycles. The van der Waals surface area contributed by atoms with E-state index in [0.29, 0.717) is 32.7 Å². The lowest BCUT2D eigenvalue weighted by Gasteiger charge is -2.35. The maximum absolute atomic E-state index is 12.7. The Balaban J connectivity index is 1.43. The number of hydrogen-bond acceptors (Lipinski definition) is 5. The number of amides is 3. The molecule has 1 aromatic rings. The first kappa shape index (κ1) is 20.7. The lowest BCUT2D eigenvalue weighted by Crippen LogP contribution is -2.51. The third-order valence-electron chi connectivity index (χ3n) is 5.01. The van der Waals surface area contributed by atoms with Crippen LogP contribution in [0.4, 0.5) is 5.69 Å². The van der Waals surface area contributed by atoms with Crippen LogP contribution in [0.2, 0.25) is 0 Å². The van der Waals surface area contributed by atoms with Crippen molar-refractivity contribution >= 4 is 35.2 Å². The number of unbranched alkanes of at least 4 members (excludes halogenated alkanes) is 1. The molecule has 0 aliphatic carbocycles. The number of piperazine rings is 1. The van der Waals surface area contributed by atoms with E-state index in [4.69, 9.17) is 0 Å². The average Bonchev–Trinajstić information content (AvgIpc) is 2.69. The van der Waals surface area contributed by atoms with Crippen molar-refractivity contribution in [3.63, 3.8) is 0 Å². The van der Waals surface area contributed by atoms with E-state index in [2.05, 4.69) is 22.5 Å². The van der Waals surface area contributed by atoms with Gasteiger partial charge in [-0.1, -0.05) is 25.5 Å². The molecule has 28 heavy (non-hydrogen) atoms. The van der Waals surface area contributed by atoms with Crippen molar-refractivity contribution < 1.29 is 14.4 Å². The Morgan fingerprint density at radius 3 is 2.71 bits per heavy atom. The van der Waals surface area contributed by atoms with E-state index in [1.807, 2.05) is 24.3 Å². The second kappa shape index (κ2) is 9.93. The molecule has 1 saturated heterocycles. The minimum absolute atomic E-state index is 0.000853. The van der Waals surface area contributed by atoms with Crippen LogP contribution in [0.1, 0.15) is 26.2 Å². The summed E-state index contributed by atoms with van der Waals surface area (Å²) in [6, 6.07) is 7.64. The lowest BCUT2D eigenvalue weighted by atomic mass is 10.2. The Hall–Kier alpha value is -2.06. The number of fused-ring (bicyclic) bond motifs is 1. The van der Waals surface area contributed by atoms with E-state index in [9.17, 15) is 14.4 Å². The second-order valence-electron chi connectivity index (χ2n) is 7.16. The van der Waals surface area contributed by atoms with Crippen LogP contribution in [0.15, 0.2) is 29.2 Å². The van der Waals surface area contributed by atoms with Crippen LogP contribution >= 0.6 is 11.8 Å². The van der Waals surface area contributed by atoms with E-state index in [1.165, 1.54) is 11.8 Å². The van der Waals surface area contributed by atoms with E-state index in [-0.39, 0.29) is 24.1 Å². The summed E-state index contributed by atoms with van der Waals surface area (Å²) in [6.07, 6.45) is 2.25. The third kappa shape index (κ3) is 5.48. The molecule has 0 bridgehead atoms. The molecule has 8 heteroatoms. The Morgan fingerprint density at radius 1 is 1.21 bits per heavy atom. The highest BCUT2D eigenvalue weighted by Crippen LogP contribution is 2.36. The van der Waals surface area contributed by atoms with Gasteiger partial charge >= 0.3 is 0 Å². The normalized spacial score (nSPS) is 19.7. The number of rotatable bonds is 7. The molecule has 2 heterocycles. The Kier molecular flexibility index (Phi) is 7.33. The number of benzene rings is 1. The summed E-state index contributed by atoms with van der Waals surface area (Å²) in [5.41, 5.74) is 0.812. The Bertz CT molecular complexity index is 719. The molecule has 152 valence electrons. The molecular formula is C20H28N4O3S. The van der Waals surface area contributed by atoms with Crippen LogP contribution in [0, 0.1) is 0 Å². The van der Waals surface area contributed by atoms with Gasteiger partial charge in [0.25, 0.3) is 0 Å². The van der Waals surface area contributed by atoms with Gasteiger partial charge in [0.15, 0.2) is 0 Å². The first-order valence-corrected chi connectivity index (χ1v) is 10.8. The smallest absolute Gasteiger partial charge is 0.238 e. The third-order valence-corrected chi connectivity index (χ3v) is 6.29. The number of para-hydroxylation sites is 1. The van der Waals surface area contributed by atoms with Gasteiger partial charge in [-0.05, 0) is 18.6 Å². The lowest BCUT2D eigenvalue weighted by molar-refractivity contribution is -0.134. The number of thioether (sulfide) groups is 1. The zero-order valence-electron chi connectivity index (χ0n) is 16.3. The molecule has 3 amide bonds. The number of anilines is 1. The zero-order valence-corrected chi connectivity index (χ0v) is 17.1. The van der Waals surface area contributed by atoms with Gasteiger partial charge in [0, 0.05) is 44.0 Å². The van der Waals surface area contributed by atoms with Crippen LogP contribution in [-0.4, -0.2) is 72.0 Å². The maximum atomic E-state index is 12.7. The van der Waals surface area contributed by atoms with Crippen molar-refractivity contribution in [2.45, 2.75) is 36.3 Å². The van der Waals surface area contributed by atoms with Crippen LogP contribution in [-0.2, 0) is 14.4 Å². The number of nitrogens with zero attached hydrogens (tertiary/aromatic N) is 2. The van der Waals surface area contributed by atoms with E-state index in [0.717, 1.165) is 30.0 Å². The first-order valence-electron chi connectivity index (χ1n) is 9.90. The molecule has 2 N–H and O–H groups in total. The van der Waals surface area contributed by atoms with Gasteiger partial charge in [-0.2, -0.15) is 0 Å². The van der Waals surface area contributed by atoms with Gasteiger partial charge in [0.05, 0.1) is 17.5 Å². The highest BCUT2D eigenvalue weighted by atomic mass is 32.2. The van der Waals surface area contributed by atoms with Crippen LogP contribution in [0.5, 0.6) is 0 Å². The minimum Gasteiger partial charge on any atom is -0.355 e. The fourth-order valence-electron chi connectivity index (χ4n) is 3.33. The Labute approximate surface area is 170 Å². The van der Waals surface area contributed by atoms with Crippen molar-refractivity contribution in [1.29, 1.82) is 0 Å². The molecule has 0 aromatic heterocycles. The van der Waals surface area contributed by atoms with Crippen molar-refractivity contribution in [3.8, 4) is 0 Å². The molecule has 2 aliphatic rings. The molecule has 2 aliphatic heterocycles. The van der Waals surface area contributed by atoms with Crippen molar-refractivity contribution in [1.82, 2.24) is 15.1 Å². The van der Waals surface area contributed by atoms with Crippen molar-refractivity contribution in [3.05, 3.63) is 24.3 Å². The number of carbonyl (C=O) groups is 3. The molecule has 0 spiro atoms. The van der Waals surface area contributed by atoms with Gasteiger partial charge in [-0.15, -0.1) is 11.8 Å². The largest absolute Gasteiger partial charge is 0.355 e. The summed E-state index contributed by atoms with van der Waals surface area (Å²) in [7, 11) is 0. The summed E-state index contributed by atoms with van der Waals surface area (Å²) in [5.74, 6) is -0.0688. The highest BCUT2D eigenvalue weighted by Gasteiger charge is 2.31. The Morgan fingerprint density at radius 2 is 1.96 bits per heavy atom. The summed E-state index contributed by atoms with van der Waals surface area (Å²) >= 11 is 1.45. The quantitative estimate of drug-likeness (QED) is 0.674. The van der Waals surface area contributed by atoms with Gasteiger partial charge in [-0.25, -0.2) is 0 Å². The van der Waals surface area contributed by atoms with Crippen molar-refractivity contribution in [2.75, 3.05) is 44.6 Å². The maximum Gasteiger partial charge on any atom is 0.238 e. The predicted octanol–water partition coefficient (Wildman–Crippen LogP) is 1.55. The van der Waals surface area contributed by atoms with Crippen LogP contribution < -0.4 is 10.6 Å². The second-order valence-corrected chi connectivity index (χ2v) is 8.40. The minimum atomic E-state index is -0.398. The summed E-state index contributed by atoms with van der Waals surface area (Å²) in [6.45, 7) is 5.74. The molecule has 3 rings (SSSR count). The fourth-order valence-corrected chi connectivity index (χ4v) is 4.44. The summed E-state index contributed by atoms with van der Waals surface area (Å²) in [5, 5.41) is 5.41. The summed E-state index contributed by atoms with van der Waals surface area (Å²) < 4.78 is 0. The van der Waals surface area contributed by atoms with Crippen LogP contribution in [0.3, 0.4) is 0 Å². The standard InChI is InChI=1S/C20H28N4O3S/c1-2-3-8-21-18(25)14-23-9-11-24(12-10-23)19(26)13-17-20(27)22-15-6-4-5-7-16(15)28-17/h4-7,17H,2-3,8-14H2,1H3,(H,21,25)(H,22,27). The van der Waals surface area contributed by atoms with Gasteiger partial charge in [0.1, 0.15) is 0 Å². The van der Waals surface area contributed by atoms with Gasteiger partial charge in [-0.3, -0.25) is 19.3 Å². The highest BCUT2D eigenvalue weighted by molar-refractivity contribution is 8.01. The fraction of sp³-hybridized carbons (Fsp3) is 0.550. The van der Waals surface area contributed by atoms with E-state index >= 15 is 0 Å². The van der Waals surface area contributed by atoms with E-state index in [1.54, 1.807) is 4.90 Å².